The number of carbonyl (C=O) groups excluding carboxylic acids is 1. The van der Waals surface area contributed by atoms with Crippen LogP contribution in [0.15, 0.2) is 30.6 Å². The number of carbonyl (C=O) groups is 1. The molecule has 128 valence electrons. The van der Waals surface area contributed by atoms with Crippen LogP contribution >= 0.6 is 0 Å². The first-order valence-electron chi connectivity index (χ1n) is 7.56. The van der Waals surface area contributed by atoms with Crippen LogP contribution in [0.4, 0.5) is 0 Å². The van der Waals surface area contributed by atoms with Crippen LogP contribution in [0.3, 0.4) is 0 Å². The molecule has 6 heteroatoms. The maximum atomic E-state index is 12.3. The highest BCUT2D eigenvalue weighted by atomic mass is 16.5. The van der Waals surface area contributed by atoms with Crippen LogP contribution in [0.5, 0.6) is 17.2 Å². The Hall–Kier alpha value is -2.76. The van der Waals surface area contributed by atoms with Crippen LogP contribution in [0.2, 0.25) is 0 Å². The van der Waals surface area contributed by atoms with Gasteiger partial charge in [-0.25, -0.2) is 0 Å². The third-order valence-electron chi connectivity index (χ3n) is 3.53. The van der Waals surface area contributed by atoms with Gasteiger partial charge in [0.25, 0.3) is 0 Å². The van der Waals surface area contributed by atoms with Gasteiger partial charge in [0.15, 0.2) is 17.3 Å². The Morgan fingerprint density at radius 2 is 1.75 bits per heavy atom. The molecule has 0 saturated carbocycles. The summed E-state index contributed by atoms with van der Waals surface area (Å²) in [5.74, 6) is 1.48. The summed E-state index contributed by atoms with van der Waals surface area (Å²) in [5, 5.41) is 4.17. The topological polar surface area (TPSA) is 62.6 Å². The largest absolute Gasteiger partial charge is 0.493 e. The van der Waals surface area contributed by atoms with Crippen LogP contribution in [-0.2, 0) is 0 Å². The van der Waals surface area contributed by atoms with E-state index in [1.54, 1.807) is 56.6 Å². The fourth-order valence-corrected chi connectivity index (χ4v) is 2.21. The zero-order valence-corrected chi connectivity index (χ0v) is 14.6. The number of aromatic nitrogens is 2. The van der Waals surface area contributed by atoms with Crippen molar-refractivity contribution in [3.05, 3.63) is 41.7 Å². The molecule has 1 aromatic carbocycles. The first-order valence-corrected chi connectivity index (χ1v) is 7.56. The third-order valence-corrected chi connectivity index (χ3v) is 3.53. The van der Waals surface area contributed by atoms with Gasteiger partial charge in [0.2, 0.25) is 5.75 Å². The van der Waals surface area contributed by atoms with E-state index in [9.17, 15) is 4.79 Å². The van der Waals surface area contributed by atoms with Crippen LogP contribution in [0.25, 0.3) is 6.08 Å². The van der Waals surface area contributed by atoms with E-state index in [-0.39, 0.29) is 11.8 Å². The number of ketones is 1. The van der Waals surface area contributed by atoms with E-state index in [4.69, 9.17) is 14.2 Å². The molecule has 2 aromatic rings. The predicted octanol–water partition coefficient (Wildman–Crippen LogP) is 3.39. The number of ether oxygens (including phenoxy) is 3. The van der Waals surface area contributed by atoms with E-state index in [0.717, 1.165) is 5.56 Å². The number of hydrogen-bond acceptors (Lipinski definition) is 5. The average Bonchev–Trinajstić information content (AvgIpc) is 3.09. The molecule has 6 nitrogen and oxygen atoms in total. The van der Waals surface area contributed by atoms with Crippen molar-refractivity contribution in [3.63, 3.8) is 0 Å². The Labute approximate surface area is 141 Å². The third kappa shape index (κ3) is 3.76. The lowest BCUT2D eigenvalue weighted by Crippen LogP contribution is -2.00. The lowest BCUT2D eigenvalue weighted by Gasteiger charge is -2.12. The molecule has 0 aliphatic heterocycles. The van der Waals surface area contributed by atoms with Crippen molar-refractivity contribution in [2.24, 2.45) is 0 Å². The summed E-state index contributed by atoms with van der Waals surface area (Å²) in [5.41, 5.74) is 1.32. The van der Waals surface area contributed by atoms with Gasteiger partial charge < -0.3 is 14.2 Å². The molecule has 0 N–H and O–H groups in total. The smallest absolute Gasteiger partial charge is 0.203 e. The van der Waals surface area contributed by atoms with Crippen molar-refractivity contribution in [1.29, 1.82) is 0 Å². The van der Waals surface area contributed by atoms with Crippen molar-refractivity contribution in [3.8, 4) is 17.2 Å². The second-order valence-corrected chi connectivity index (χ2v) is 5.46. The Bertz CT molecular complexity index is 722. The van der Waals surface area contributed by atoms with Crippen molar-refractivity contribution in [2.75, 3.05) is 21.3 Å². The molecule has 0 aliphatic rings. The molecule has 0 radical (unpaired) electrons. The summed E-state index contributed by atoms with van der Waals surface area (Å²) in [6.45, 7) is 4.01. The summed E-state index contributed by atoms with van der Waals surface area (Å²) < 4.78 is 17.6. The van der Waals surface area contributed by atoms with Crippen molar-refractivity contribution >= 4 is 11.9 Å². The van der Waals surface area contributed by atoms with E-state index < -0.39 is 0 Å². The standard InChI is InChI=1S/C18H22N2O4/c1-12(2)20-11-14(10-19-20)15(21)7-6-13-8-16(22-3)18(24-5)17(9-13)23-4/h6-12H,1-5H3/b7-6+. The molecule has 1 aromatic heterocycles. The van der Waals surface area contributed by atoms with E-state index in [2.05, 4.69) is 5.10 Å². The molecule has 24 heavy (non-hydrogen) atoms. The molecule has 0 fully saturated rings. The zero-order chi connectivity index (χ0) is 17.7. The summed E-state index contributed by atoms with van der Waals surface area (Å²) in [4.78, 5) is 12.3. The van der Waals surface area contributed by atoms with E-state index in [0.29, 0.717) is 22.8 Å². The molecule has 0 spiro atoms. The molecule has 0 aliphatic carbocycles. The molecule has 0 saturated heterocycles. The molecular formula is C18H22N2O4. The van der Waals surface area contributed by atoms with E-state index in [1.165, 1.54) is 6.08 Å². The minimum atomic E-state index is -0.115. The van der Waals surface area contributed by atoms with Crippen molar-refractivity contribution < 1.29 is 19.0 Å². The van der Waals surface area contributed by atoms with Gasteiger partial charge in [0.1, 0.15) is 0 Å². The second kappa shape index (κ2) is 7.68. The number of hydrogen-bond donors (Lipinski definition) is 0. The lowest BCUT2D eigenvalue weighted by molar-refractivity contribution is 0.104. The van der Waals surface area contributed by atoms with Gasteiger partial charge in [-0.1, -0.05) is 6.08 Å². The number of allylic oxidation sites excluding steroid dienone is 1. The van der Waals surface area contributed by atoms with Gasteiger partial charge in [-0.05, 0) is 37.6 Å². The van der Waals surface area contributed by atoms with Gasteiger partial charge in [-0.3, -0.25) is 9.48 Å². The minimum Gasteiger partial charge on any atom is -0.493 e. The number of nitrogens with zero attached hydrogens (tertiary/aromatic N) is 2. The Morgan fingerprint density at radius 3 is 2.21 bits per heavy atom. The molecule has 0 unspecified atom stereocenters. The minimum absolute atomic E-state index is 0.115. The summed E-state index contributed by atoms with van der Waals surface area (Å²) in [6, 6.07) is 3.77. The Balaban J connectivity index is 2.25. The highest BCUT2D eigenvalue weighted by Gasteiger charge is 2.12. The molecular weight excluding hydrogens is 308 g/mol. The van der Waals surface area contributed by atoms with Gasteiger partial charge in [0.05, 0.1) is 33.1 Å². The quantitative estimate of drug-likeness (QED) is 0.575. The second-order valence-electron chi connectivity index (χ2n) is 5.46. The normalized spacial score (nSPS) is 11.1. The number of methoxy groups -OCH3 is 3. The average molecular weight is 330 g/mol. The van der Waals surface area contributed by atoms with Crippen LogP contribution in [0.1, 0.15) is 35.8 Å². The van der Waals surface area contributed by atoms with Gasteiger partial charge in [0, 0.05) is 12.2 Å². The van der Waals surface area contributed by atoms with Crippen molar-refractivity contribution in [1.82, 2.24) is 9.78 Å². The molecule has 2 rings (SSSR count). The monoisotopic (exact) mass is 330 g/mol. The van der Waals surface area contributed by atoms with Gasteiger partial charge >= 0.3 is 0 Å². The number of benzene rings is 1. The molecule has 0 atom stereocenters. The fraction of sp³-hybridized carbons (Fsp3) is 0.333. The molecule has 0 amide bonds. The maximum Gasteiger partial charge on any atom is 0.203 e. The number of rotatable bonds is 7. The first kappa shape index (κ1) is 17.6. The summed E-state index contributed by atoms with van der Waals surface area (Å²) >= 11 is 0. The molecule has 0 bridgehead atoms. The lowest BCUT2D eigenvalue weighted by atomic mass is 10.1. The summed E-state index contributed by atoms with van der Waals surface area (Å²) in [6.07, 6.45) is 6.52. The zero-order valence-electron chi connectivity index (χ0n) is 14.6. The fourth-order valence-electron chi connectivity index (χ4n) is 2.21. The van der Waals surface area contributed by atoms with E-state index in [1.807, 2.05) is 13.8 Å². The van der Waals surface area contributed by atoms with Crippen molar-refractivity contribution in [2.45, 2.75) is 19.9 Å². The SMILES string of the molecule is COc1cc(/C=C/C(=O)c2cnn(C(C)C)c2)cc(OC)c1OC. The maximum absolute atomic E-state index is 12.3. The highest BCUT2D eigenvalue weighted by Crippen LogP contribution is 2.38. The van der Waals surface area contributed by atoms with E-state index >= 15 is 0 Å². The highest BCUT2D eigenvalue weighted by molar-refractivity contribution is 6.06. The Morgan fingerprint density at radius 1 is 1.12 bits per heavy atom. The van der Waals surface area contributed by atoms with Crippen LogP contribution < -0.4 is 14.2 Å². The predicted molar refractivity (Wildman–Crippen MR) is 92.1 cm³/mol. The molecule has 1 heterocycles. The van der Waals surface area contributed by atoms with Crippen LogP contribution in [0, 0.1) is 0 Å². The van der Waals surface area contributed by atoms with Gasteiger partial charge in [-0.2, -0.15) is 5.10 Å². The first-order chi connectivity index (χ1) is 11.5. The summed E-state index contributed by atoms with van der Waals surface area (Å²) in [7, 11) is 4.65. The van der Waals surface area contributed by atoms with Crippen LogP contribution in [-0.4, -0.2) is 36.9 Å². The van der Waals surface area contributed by atoms with Gasteiger partial charge in [-0.15, -0.1) is 0 Å². The Kier molecular flexibility index (Phi) is 5.63.